The van der Waals surface area contributed by atoms with Crippen LogP contribution in [0.4, 0.5) is 0 Å². The second-order valence-electron chi connectivity index (χ2n) is 8.59. The van der Waals surface area contributed by atoms with E-state index >= 15 is 0 Å². The third-order valence-corrected chi connectivity index (χ3v) is 6.62. The van der Waals surface area contributed by atoms with Crippen LogP contribution >= 0.6 is 11.6 Å². The topological polar surface area (TPSA) is 91.5 Å². The van der Waals surface area contributed by atoms with E-state index < -0.39 is 36.7 Å². The summed E-state index contributed by atoms with van der Waals surface area (Å²) in [6.07, 6.45) is -0.418. The molecule has 2 unspecified atom stereocenters. The quantitative estimate of drug-likeness (QED) is 0.590. The van der Waals surface area contributed by atoms with Gasteiger partial charge in [0.2, 0.25) is 5.72 Å². The van der Waals surface area contributed by atoms with Gasteiger partial charge in [-0.05, 0) is 48.1 Å². The summed E-state index contributed by atoms with van der Waals surface area (Å²) in [6.45, 7) is 3.41. The molecule has 1 fully saturated rings. The first-order valence-electron chi connectivity index (χ1n) is 11.1. The highest BCUT2D eigenvalue weighted by Crippen LogP contribution is 2.45. The second kappa shape index (κ2) is 9.49. The number of benzene rings is 2. The molecule has 172 valence electrons. The first-order chi connectivity index (χ1) is 15.4. The van der Waals surface area contributed by atoms with Gasteiger partial charge in [-0.2, -0.15) is 0 Å². The lowest BCUT2D eigenvalue weighted by atomic mass is 9.85. The highest BCUT2D eigenvalue weighted by Gasteiger charge is 2.59. The number of aliphatic imine (C=N–C) groups is 1. The Hall–Kier alpha value is -1.96. The van der Waals surface area contributed by atoms with Crippen molar-refractivity contribution in [3.8, 4) is 0 Å². The normalized spacial score (nSPS) is 29.4. The molecule has 0 spiro atoms. The third-order valence-electron chi connectivity index (χ3n) is 6.25. The number of aliphatic hydroxyl groups is 3. The van der Waals surface area contributed by atoms with Crippen LogP contribution in [0.25, 0.3) is 0 Å². The Balaban J connectivity index is 1.65. The zero-order valence-electron chi connectivity index (χ0n) is 18.4. The van der Waals surface area contributed by atoms with E-state index in [1.165, 1.54) is 18.4 Å². The minimum absolute atomic E-state index is 0.346. The van der Waals surface area contributed by atoms with E-state index in [9.17, 15) is 15.3 Å². The molecule has 1 saturated heterocycles. The van der Waals surface area contributed by atoms with Gasteiger partial charge in [0.25, 0.3) is 0 Å². The first-order valence-corrected chi connectivity index (χ1v) is 11.5. The standard InChI is InChI=1S/C25H30ClNO5/c1-3-4-5-16-6-8-17(9-7-16)12-18-13-19(10-11-20(18)26)25-24(31-15(2)27-25)23(30)22(29)21(14-28)32-25/h6-11,13,21-24,28-30H,3-5,12,14H2,1-2H3/t21-,22-,23+,24?,25?/m1/s1. The number of nitrogens with zero attached hydrogens (tertiary/aromatic N) is 1. The Bertz CT molecular complexity index is 979. The molecular formula is C25H30ClNO5. The number of halogens is 1. The summed E-state index contributed by atoms with van der Waals surface area (Å²) in [5.41, 5.74) is 2.64. The smallest absolute Gasteiger partial charge is 0.228 e. The molecule has 3 N–H and O–H groups in total. The van der Waals surface area contributed by atoms with Gasteiger partial charge in [-0.3, -0.25) is 0 Å². The summed E-state index contributed by atoms with van der Waals surface area (Å²) >= 11 is 6.52. The minimum atomic E-state index is -1.36. The van der Waals surface area contributed by atoms with Crippen LogP contribution in [0.5, 0.6) is 0 Å². The molecule has 7 heteroatoms. The van der Waals surface area contributed by atoms with Gasteiger partial charge in [-0.25, -0.2) is 4.99 Å². The number of hydrogen-bond acceptors (Lipinski definition) is 6. The van der Waals surface area contributed by atoms with Gasteiger partial charge in [0.15, 0.2) is 12.0 Å². The maximum atomic E-state index is 10.7. The highest BCUT2D eigenvalue weighted by molar-refractivity contribution is 6.31. The second-order valence-corrected chi connectivity index (χ2v) is 9.00. The van der Waals surface area contributed by atoms with Crippen LogP contribution in [0.2, 0.25) is 5.02 Å². The predicted octanol–water partition coefficient (Wildman–Crippen LogP) is 3.36. The average molecular weight is 460 g/mol. The van der Waals surface area contributed by atoms with Crippen molar-refractivity contribution < 1.29 is 24.8 Å². The average Bonchev–Trinajstić information content (AvgIpc) is 3.14. The van der Waals surface area contributed by atoms with Gasteiger partial charge in [0.05, 0.1) is 6.61 Å². The number of rotatable bonds is 7. The molecule has 6 nitrogen and oxygen atoms in total. The molecule has 2 aromatic rings. The number of fused-ring (bicyclic) bond motifs is 1. The summed E-state index contributed by atoms with van der Waals surface area (Å²) in [5.74, 6) is 0.346. The van der Waals surface area contributed by atoms with Crippen LogP contribution in [0, 0.1) is 0 Å². The van der Waals surface area contributed by atoms with Crippen molar-refractivity contribution >= 4 is 17.5 Å². The zero-order valence-corrected chi connectivity index (χ0v) is 19.1. The lowest BCUT2D eigenvalue weighted by molar-refractivity contribution is -0.262. The van der Waals surface area contributed by atoms with Crippen LogP contribution in [-0.2, 0) is 28.0 Å². The van der Waals surface area contributed by atoms with E-state index in [-0.39, 0.29) is 0 Å². The SMILES string of the molecule is CCCCc1ccc(Cc2cc(C34N=C(C)OC3[C@@H](O)[C@H](O)[C@@H](CO)O4)ccc2Cl)cc1. The van der Waals surface area contributed by atoms with E-state index in [1.54, 1.807) is 19.1 Å². The lowest BCUT2D eigenvalue weighted by Crippen LogP contribution is -2.61. The maximum Gasteiger partial charge on any atom is 0.228 e. The van der Waals surface area contributed by atoms with Crippen LogP contribution in [0.3, 0.4) is 0 Å². The molecule has 0 bridgehead atoms. The van der Waals surface area contributed by atoms with Crippen molar-refractivity contribution in [3.63, 3.8) is 0 Å². The van der Waals surface area contributed by atoms with E-state index in [0.717, 1.165) is 17.5 Å². The van der Waals surface area contributed by atoms with E-state index in [2.05, 4.69) is 36.2 Å². The van der Waals surface area contributed by atoms with Crippen LogP contribution in [-0.4, -0.2) is 52.2 Å². The third kappa shape index (κ3) is 4.30. The largest absolute Gasteiger partial charge is 0.469 e. The molecule has 0 radical (unpaired) electrons. The fraction of sp³-hybridized carbons (Fsp3) is 0.480. The Kier molecular flexibility index (Phi) is 6.89. The number of hydrogen-bond donors (Lipinski definition) is 3. The summed E-state index contributed by atoms with van der Waals surface area (Å²) in [4.78, 5) is 4.56. The van der Waals surface area contributed by atoms with Crippen molar-refractivity contribution in [3.05, 3.63) is 69.7 Å². The monoisotopic (exact) mass is 459 g/mol. The summed E-state index contributed by atoms with van der Waals surface area (Å²) in [7, 11) is 0. The number of ether oxygens (including phenoxy) is 2. The van der Waals surface area contributed by atoms with E-state index in [1.807, 2.05) is 6.07 Å². The maximum absolute atomic E-state index is 10.7. The van der Waals surface area contributed by atoms with E-state index in [4.69, 9.17) is 21.1 Å². The zero-order chi connectivity index (χ0) is 22.9. The van der Waals surface area contributed by atoms with Gasteiger partial charge in [-0.15, -0.1) is 0 Å². The van der Waals surface area contributed by atoms with Crippen molar-refractivity contribution in [1.29, 1.82) is 0 Å². The molecule has 2 aliphatic heterocycles. The van der Waals surface area contributed by atoms with Gasteiger partial charge in [-0.1, -0.05) is 55.3 Å². The number of unbranched alkanes of at least 4 members (excludes halogenated alkanes) is 1. The molecule has 0 amide bonds. The molecule has 4 rings (SSSR count). The molecule has 0 aliphatic carbocycles. The van der Waals surface area contributed by atoms with Gasteiger partial charge < -0.3 is 24.8 Å². The number of aryl methyl sites for hydroxylation is 1. The fourth-order valence-corrected chi connectivity index (χ4v) is 4.67. The van der Waals surface area contributed by atoms with E-state index in [0.29, 0.717) is 22.9 Å². The fourth-order valence-electron chi connectivity index (χ4n) is 4.48. The number of aliphatic hydroxyl groups excluding tert-OH is 3. The van der Waals surface area contributed by atoms with Crippen molar-refractivity contribution in [2.75, 3.05) is 6.61 Å². The Morgan fingerprint density at radius 1 is 1.06 bits per heavy atom. The van der Waals surface area contributed by atoms with Gasteiger partial charge in [0, 0.05) is 17.5 Å². The molecule has 2 aromatic carbocycles. The summed E-state index contributed by atoms with van der Waals surface area (Å²) in [5, 5.41) is 31.3. The Labute approximate surface area is 193 Å². The van der Waals surface area contributed by atoms with Crippen molar-refractivity contribution in [1.82, 2.24) is 0 Å². The molecular weight excluding hydrogens is 430 g/mol. The molecule has 32 heavy (non-hydrogen) atoms. The minimum Gasteiger partial charge on any atom is -0.469 e. The molecule has 0 saturated carbocycles. The van der Waals surface area contributed by atoms with Crippen LogP contribution in [0.1, 0.15) is 48.9 Å². The highest BCUT2D eigenvalue weighted by atomic mass is 35.5. The molecule has 0 aromatic heterocycles. The van der Waals surface area contributed by atoms with Gasteiger partial charge >= 0.3 is 0 Å². The van der Waals surface area contributed by atoms with Crippen molar-refractivity contribution in [2.24, 2.45) is 4.99 Å². The molecule has 5 atom stereocenters. The molecule has 2 heterocycles. The first kappa shape index (κ1) is 23.2. The summed E-state index contributed by atoms with van der Waals surface area (Å²) < 4.78 is 11.8. The van der Waals surface area contributed by atoms with Crippen LogP contribution < -0.4 is 0 Å². The van der Waals surface area contributed by atoms with Gasteiger partial charge in [0.1, 0.15) is 18.3 Å². The Morgan fingerprint density at radius 3 is 2.47 bits per heavy atom. The lowest BCUT2D eigenvalue weighted by Gasteiger charge is -2.44. The Morgan fingerprint density at radius 2 is 1.78 bits per heavy atom. The predicted molar refractivity (Wildman–Crippen MR) is 123 cm³/mol. The van der Waals surface area contributed by atoms with Crippen LogP contribution in [0.15, 0.2) is 47.5 Å². The summed E-state index contributed by atoms with van der Waals surface area (Å²) in [6, 6.07) is 14.0. The molecule has 2 aliphatic rings. The van der Waals surface area contributed by atoms with Crippen molar-refractivity contribution in [2.45, 2.75) is 69.7 Å².